The van der Waals surface area contributed by atoms with Gasteiger partial charge in [-0.15, -0.1) is 0 Å². The third-order valence-corrected chi connectivity index (χ3v) is 4.99. The monoisotopic (exact) mass is 372 g/mol. The molecule has 1 unspecified atom stereocenters. The Kier molecular flexibility index (Phi) is 4.94. The van der Waals surface area contributed by atoms with Crippen molar-refractivity contribution in [1.29, 1.82) is 0 Å². The Hall–Kier alpha value is -3.40. The molecule has 140 valence electrons. The summed E-state index contributed by atoms with van der Waals surface area (Å²) in [6.07, 6.45) is 2.54. The second kappa shape index (κ2) is 7.69. The Bertz CT molecular complexity index is 1110. The maximum absolute atomic E-state index is 13.5. The van der Waals surface area contributed by atoms with Gasteiger partial charge in [0, 0.05) is 22.8 Å². The summed E-state index contributed by atoms with van der Waals surface area (Å²) in [5, 5.41) is 15.4. The Labute approximate surface area is 163 Å². The number of anilines is 1. The van der Waals surface area contributed by atoms with Gasteiger partial charge in [-0.3, -0.25) is 4.98 Å². The number of aryl methyl sites for hydroxylation is 1. The van der Waals surface area contributed by atoms with Crippen molar-refractivity contribution in [2.45, 2.75) is 19.4 Å². The predicted octanol–water partition coefficient (Wildman–Crippen LogP) is 5.84. The molecule has 0 fully saturated rings. The van der Waals surface area contributed by atoms with Gasteiger partial charge in [-0.05, 0) is 41.8 Å². The molecule has 1 aromatic heterocycles. The van der Waals surface area contributed by atoms with Crippen LogP contribution in [-0.4, -0.2) is 10.1 Å². The van der Waals surface area contributed by atoms with Crippen LogP contribution in [0.5, 0.6) is 5.75 Å². The Balaban J connectivity index is 1.86. The van der Waals surface area contributed by atoms with Crippen LogP contribution in [0.2, 0.25) is 0 Å². The molecule has 4 heteroatoms. The van der Waals surface area contributed by atoms with E-state index in [1.165, 1.54) is 17.7 Å². The first-order valence-corrected chi connectivity index (χ1v) is 9.34. The highest BCUT2D eigenvalue weighted by Gasteiger charge is 2.20. The molecule has 0 aliphatic carbocycles. The Morgan fingerprint density at radius 1 is 0.964 bits per heavy atom. The summed E-state index contributed by atoms with van der Waals surface area (Å²) in [6.45, 7) is 2.10. The first kappa shape index (κ1) is 18.0. The standard InChI is InChI=1S/C24H21FN2O/c1-2-16-6-3-4-8-21(16)27-22(18-9-12-19(25)13-10-18)20-14-11-17-7-5-15-26-23(17)24(20)28/h3-15,22,27-28H,2H2,1H3. The number of para-hydroxylation sites is 1. The number of nitrogens with one attached hydrogen (secondary N) is 1. The molecule has 4 rings (SSSR count). The van der Waals surface area contributed by atoms with E-state index in [0.29, 0.717) is 11.1 Å². The van der Waals surface area contributed by atoms with E-state index in [9.17, 15) is 9.50 Å². The van der Waals surface area contributed by atoms with Gasteiger partial charge in [-0.25, -0.2) is 4.39 Å². The number of fused-ring (bicyclic) bond motifs is 1. The van der Waals surface area contributed by atoms with E-state index >= 15 is 0 Å². The number of halogens is 1. The number of rotatable bonds is 5. The minimum atomic E-state index is -0.347. The van der Waals surface area contributed by atoms with E-state index in [2.05, 4.69) is 23.3 Å². The number of benzene rings is 3. The zero-order chi connectivity index (χ0) is 19.5. The predicted molar refractivity (Wildman–Crippen MR) is 111 cm³/mol. The van der Waals surface area contributed by atoms with Crippen LogP contribution in [0, 0.1) is 5.82 Å². The minimum Gasteiger partial charge on any atom is -0.505 e. The molecular formula is C24H21FN2O. The lowest BCUT2D eigenvalue weighted by Crippen LogP contribution is -2.14. The van der Waals surface area contributed by atoms with Crippen molar-refractivity contribution in [1.82, 2.24) is 4.98 Å². The molecule has 28 heavy (non-hydrogen) atoms. The number of pyridine rings is 1. The highest BCUT2D eigenvalue weighted by molar-refractivity contribution is 5.86. The summed E-state index contributed by atoms with van der Waals surface area (Å²) in [7, 11) is 0. The SMILES string of the molecule is CCc1ccccc1NC(c1ccc(F)cc1)c1ccc2cccnc2c1O. The number of hydrogen-bond acceptors (Lipinski definition) is 3. The van der Waals surface area contributed by atoms with Gasteiger partial charge in [0.25, 0.3) is 0 Å². The van der Waals surface area contributed by atoms with Gasteiger partial charge >= 0.3 is 0 Å². The quantitative estimate of drug-likeness (QED) is 0.462. The summed E-state index contributed by atoms with van der Waals surface area (Å²) in [6, 6.07) is 21.7. The average Bonchev–Trinajstić information content (AvgIpc) is 2.74. The zero-order valence-corrected chi connectivity index (χ0v) is 15.6. The van der Waals surface area contributed by atoms with E-state index in [1.54, 1.807) is 18.3 Å². The summed E-state index contributed by atoms with van der Waals surface area (Å²) in [5.41, 5.74) is 4.27. The molecule has 0 spiro atoms. The molecule has 0 bridgehead atoms. The van der Waals surface area contributed by atoms with E-state index in [-0.39, 0.29) is 17.6 Å². The van der Waals surface area contributed by atoms with Crippen LogP contribution in [0.4, 0.5) is 10.1 Å². The lowest BCUT2D eigenvalue weighted by molar-refractivity contribution is 0.471. The molecule has 0 saturated heterocycles. The van der Waals surface area contributed by atoms with Gasteiger partial charge < -0.3 is 10.4 Å². The van der Waals surface area contributed by atoms with Gasteiger partial charge in [0.15, 0.2) is 0 Å². The second-order valence-electron chi connectivity index (χ2n) is 6.72. The maximum Gasteiger partial charge on any atom is 0.147 e. The van der Waals surface area contributed by atoms with Crippen LogP contribution >= 0.6 is 0 Å². The topological polar surface area (TPSA) is 45.2 Å². The summed E-state index contributed by atoms with van der Waals surface area (Å²) in [4.78, 5) is 4.33. The van der Waals surface area contributed by atoms with Gasteiger partial charge in [-0.1, -0.05) is 55.5 Å². The molecule has 1 heterocycles. The van der Waals surface area contributed by atoms with Crippen LogP contribution in [0.25, 0.3) is 10.9 Å². The van der Waals surface area contributed by atoms with Crippen molar-refractivity contribution in [3.8, 4) is 5.75 Å². The van der Waals surface area contributed by atoms with Crippen molar-refractivity contribution >= 4 is 16.6 Å². The fourth-order valence-corrected chi connectivity index (χ4v) is 3.50. The first-order chi connectivity index (χ1) is 13.7. The smallest absolute Gasteiger partial charge is 0.147 e. The van der Waals surface area contributed by atoms with E-state index < -0.39 is 0 Å². The molecule has 1 atom stereocenters. The summed E-state index contributed by atoms with van der Waals surface area (Å²) >= 11 is 0. The third kappa shape index (κ3) is 3.41. The highest BCUT2D eigenvalue weighted by Crippen LogP contribution is 2.37. The number of aromatic nitrogens is 1. The lowest BCUT2D eigenvalue weighted by atomic mass is 9.95. The van der Waals surface area contributed by atoms with Crippen molar-refractivity contribution in [2.24, 2.45) is 0 Å². The third-order valence-electron chi connectivity index (χ3n) is 4.99. The number of aromatic hydroxyl groups is 1. The molecule has 0 aliphatic heterocycles. The van der Waals surface area contributed by atoms with E-state index in [4.69, 9.17) is 0 Å². The van der Waals surface area contributed by atoms with Crippen molar-refractivity contribution in [3.05, 3.63) is 102 Å². The van der Waals surface area contributed by atoms with Crippen LogP contribution in [0.1, 0.15) is 29.7 Å². The zero-order valence-electron chi connectivity index (χ0n) is 15.6. The first-order valence-electron chi connectivity index (χ1n) is 9.34. The molecule has 0 radical (unpaired) electrons. The number of phenols is 1. The molecular weight excluding hydrogens is 351 g/mol. The second-order valence-corrected chi connectivity index (χ2v) is 6.72. The van der Waals surface area contributed by atoms with Gasteiger partial charge in [0.1, 0.15) is 17.1 Å². The Morgan fingerprint density at radius 3 is 2.54 bits per heavy atom. The summed E-state index contributed by atoms with van der Waals surface area (Å²) in [5.74, 6) is -0.158. The molecule has 3 aromatic carbocycles. The molecule has 3 nitrogen and oxygen atoms in total. The highest BCUT2D eigenvalue weighted by atomic mass is 19.1. The van der Waals surface area contributed by atoms with E-state index in [1.807, 2.05) is 42.5 Å². The normalized spacial score (nSPS) is 12.1. The minimum absolute atomic E-state index is 0.133. The Morgan fingerprint density at radius 2 is 1.75 bits per heavy atom. The molecule has 0 aliphatic rings. The lowest BCUT2D eigenvalue weighted by Gasteiger charge is -2.24. The van der Waals surface area contributed by atoms with Crippen molar-refractivity contribution in [3.63, 3.8) is 0 Å². The van der Waals surface area contributed by atoms with Gasteiger partial charge in [0.05, 0.1) is 6.04 Å². The average molecular weight is 372 g/mol. The maximum atomic E-state index is 13.5. The van der Waals surface area contributed by atoms with Crippen LogP contribution in [-0.2, 0) is 6.42 Å². The van der Waals surface area contributed by atoms with Gasteiger partial charge in [0.2, 0.25) is 0 Å². The fraction of sp³-hybridized carbons (Fsp3) is 0.125. The van der Waals surface area contributed by atoms with E-state index in [0.717, 1.165) is 23.1 Å². The molecule has 0 saturated carbocycles. The number of phenolic OH excluding ortho intramolecular Hbond substituents is 1. The largest absolute Gasteiger partial charge is 0.505 e. The van der Waals surface area contributed by atoms with Crippen LogP contribution in [0.15, 0.2) is 79.0 Å². The number of hydrogen-bond donors (Lipinski definition) is 2. The molecule has 0 amide bonds. The molecule has 4 aromatic rings. The summed E-state index contributed by atoms with van der Waals surface area (Å²) < 4.78 is 13.5. The molecule has 2 N–H and O–H groups in total. The van der Waals surface area contributed by atoms with Gasteiger partial charge in [-0.2, -0.15) is 0 Å². The number of nitrogens with zero attached hydrogens (tertiary/aromatic N) is 1. The van der Waals surface area contributed by atoms with Crippen molar-refractivity contribution in [2.75, 3.05) is 5.32 Å². The van der Waals surface area contributed by atoms with Crippen molar-refractivity contribution < 1.29 is 9.50 Å². The fourth-order valence-electron chi connectivity index (χ4n) is 3.50. The van der Waals surface area contributed by atoms with Crippen LogP contribution < -0.4 is 5.32 Å². The van der Waals surface area contributed by atoms with Crippen LogP contribution in [0.3, 0.4) is 0 Å².